The molecule has 0 saturated heterocycles. The number of unbranched alkanes of at least 4 members (excludes halogenated alkanes) is 4. The summed E-state index contributed by atoms with van der Waals surface area (Å²) in [6.45, 7) is 2.96. The first kappa shape index (κ1) is 14.6. The third-order valence-corrected chi connectivity index (χ3v) is 2.23. The zero-order valence-electron chi connectivity index (χ0n) is 9.47. The van der Waals surface area contributed by atoms with Crippen LogP contribution >= 0.6 is 11.6 Å². The number of carbonyl (C=O) groups excluding carboxylic acids is 1. The fraction of sp³-hybridized carbons (Fsp3) is 0.909. The molecule has 0 bridgehead atoms. The van der Waals surface area contributed by atoms with Gasteiger partial charge >= 0.3 is 6.16 Å². The number of hydrogen-bond acceptors (Lipinski definition) is 3. The van der Waals surface area contributed by atoms with E-state index in [4.69, 9.17) is 21.1 Å². The molecular weight excluding hydrogens is 216 g/mol. The summed E-state index contributed by atoms with van der Waals surface area (Å²) in [5, 5.41) is 0. The molecule has 90 valence electrons. The van der Waals surface area contributed by atoms with Crippen molar-refractivity contribution in [3.05, 3.63) is 0 Å². The first-order chi connectivity index (χ1) is 7.31. The number of alkyl halides is 1. The van der Waals surface area contributed by atoms with Crippen LogP contribution in [0.3, 0.4) is 0 Å². The second kappa shape index (κ2) is 11.6. The van der Waals surface area contributed by atoms with Crippen LogP contribution in [0.2, 0.25) is 0 Å². The van der Waals surface area contributed by atoms with Crippen molar-refractivity contribution in [1.82, 2.24) is 0 Å². The lowest BCUT2D eigenvalue weighted by Crippen LogP contribution is -2.09. The molecule has 4 heteroatoms. The highest BCUT2D eigenvalue weighted by molar-refractivity contribution is 6.17. The second-order valence-electron chi connectivity index (χ2n) is 3.40. The molecule has 0 rings (SSSR count). The first-order valence-corrected chi connectivity index (χ1v) is 6.20. The lowest BCUT2D eigenvalue weighted by molar-refractivity contribution is 0.0532. The highest BCUT2D eigenvalue weighted by Gasteiger charge is 2.01. The summed E-state index contributed by atoms with van der Waals surface area (Å²) >= 11 is 5.53. The Kier molecular flexibility index (Phi) is 11.3. The predicted molar refractivity (Wildman–Crippen MR) is 61.4 cm³/mol. The van der Waals surface area contributed by atoms with Gasteiger partial charge in [0.25, 0.3) is 0 Å². The molecule has 0 aliphatic carbocycles. The van der Waals surface area contributed by atoms with Crippen LogP contribution in [0.15, 0.2) is 0 Å². The number of ether oxygens (including phenoxy) is 2. The van der Waals surface area contributed by atoms with Gasteiger partial charge in [0.1, 0.15) is 0 Å². The normalized spacial score (nSPS) is 10.0. The molecular formula is C11H21ClO3. The molecule has 0 heterocycles. The van der Waals surface area contributed by atoms with E-state index in [0.717, 1.165) is 38.5 Å². The van der Waals surface area contributed by atoms with Gasteiger partial charge in [-0.05, 0) is 19.3 Å². The van der Waals surface area contributed by atoms with Crippen LogP contribution < -0.4 is 0 Å². The summed E-state index contributed by atoms with van der Waals surface area (Å²) in [5.74, 6) is 0.708. The number of rotatable bonds is 9. The molecule has 0 aromatic rings. The summed E-state index contributed by atoms with van der Waals surface area (Å²) in [4.78, 5) is 10.9. The molecule has 0 N–H and O–H groups in total. The Morgan fingerprint density at radius 1 is 1.00 bits per heavy atom. The van der Waals surface area contributed by atoms with Gasteiger partial charge in [-0.2, -0.15) is 0 Å². The lowest BCUT2D eigenvalue weighted by Gasteiger charge is -2.05. The minimum atomic E-state index is -0.541. The van der Waals surface area contributed by atoms with E-state index in [2.05, 4.69) is 0 Å². The van der Waals surface area contributed by atoms with Gasteiger partial charge in [0.15, 0.2) is 0 Å². The van der Waals surface area contributed by atoms with Gasteiger partial charge in [-0.25, -0.2) is 4.79 Å². The average molecular weight is 237 g/mol. The van der Waals surface area contributed by atoms with Crippen molar-refractivity contribution in [2.45, 2.75) is 45.4 Å². The predicted octanol–water partition coefficient (Wildman–Crippen LogP) is 3.74. The SMILES string of the molecule is CCCCOC(=O)OCCCCCCCl. The van der Waals surface area contributed by atoms with E-state index >= 15 is 0 Å². The zero-order chi connectivity index (χ0) is 11.4. The van der Waals surface area contributed by atoms with Crippen LogP contribution in [-0.2, 0) is 9.47 Å². The summed E-state index contributed by atoms with van der Waals surface area (Å²) < 4.78 is 9.70. The van der Waals surface area contributed by atoms with Crippen molar-refractivity contribution in [2.75, 3.05) is 19.1 Å². The summed E-state index contributed by atoms with van der Waals surface area (Å²) in [6, 6.07) is 0. The minimum absolute atomic E-state index is 0.452. The molecule has 0 atom stereocenters. The Morgan fingerprint density at radius 3 is 2.20 bits per heavy atom. The van der Waals surface area contributed by atoms with Crippen molar-refractivity contribution < 1.29 is 14.3 Å². The van der Waals surface area contributed by atoms with Crippen LogP contribution in [0.5, 0.6) is 0 Å². The smallest absolute Gasteiger partial charge is 0.434 e. The van der Waals surface area contributed by atoms with Crippen molar-refractivity contribution in [3.8, 4) is 0 Å². The maximum atomic E-state index is 10.9. The molecule has 3 nitrogen and oxygen atoms in total. The molecule has 0 spiro atoms. The zero-order valence-corrected chi connectivity index (χ0v) is 10.2. The monoisotopic (exact) mass is 236 g/mol. The van der Waals surface area contributed by atoms with Gasteiger partial charge in [-0.15, -0.1) is 11.6 Å². The minimum Gasteiger partial charge on any atom is -0.434 e. The van der Waals surface area contributed by atoms with Crippen molar-refractivity contribution in [2.24, 2.45) is 0 Å². The third kappa shape index (κ3) is 11.5. The van der Waals surface area contributed by atoms with Crippen molar-refractivity contribution >= 4 is 17.8 Å². The Hall–Kier alpha value is -0.440. The summed E-state index contributed by atoms with van der Waals surface area (Å²) in [6.07, 6.45) is 5.44. The van der Waals surface area contributed by atoms with Gasteiger partial charge in [-0.3, -0.25) is 0 Å². The highest BCUT2D eigenvalue weighted by atomic mass is 35.5. The average Bonchev–Trinajstić information content (AvgIpc) is 2.23. The van der Waals surface area contributed by atoms with E-state index < -0.39 is 6.16 Å². The van der Waals surface area contributed by atoms with E-state index in [1.54, 1.807) is 0 Å². The van der Waals surface area contributed by atoms with Gasteiger partial charge in [0.05, 0.1) is 13.2 Å². The Morgan fingerprint density at radius 2 is 1.60 bits per heavy atom. The van der Waals surface area contributed by atoms with Crippen molar-refractivity contribution in [1.29, 1.82) is 0 Å². The van der Waals surface area contributed by atoms with E-state index in [1.807, 2.05) is 6.92 Å². The van der Waals surface area contributed by atoms with Crippen molar-refractivity contribution in [3.63, 3.8) is 0 Å². The van der Waals surface area contributed by atoms with Crippen LogP contribution in [-0.4, -0.2) is 25.2 Å². The van der Waals surface area contributed by atoms with Crippen LogP contribution in [0, 0.1) is 0 Å². The van der Waals surface area contributed by atoms with Gasteiger partial charge < -0.3 is 9.47 Å². The molecule has 0 amide bonds. The molecule has 0 aromatic carbocycles. The number of halogens is 1. The fourth-order valence-electron chi connectivity index (χ4n) is 1.05. The maximum Gasteiger partial charge on any atom is 0.508 e. The third-order valence-electron chi connectivity index (χ3n) is 1.97. The fourth-order valence-corrected chi connectivity index (χ4v) is 1.24. The van der Waals surface area contributed by atoms with Crippen LogP contribution in [0.4, 0.5) is 4.79 Å². The van der Waals surface area contributed by atoms with Gasteiger partial charge in [-0.1, -0.05) is 26.2 Å². The molecule has 0 fully saturated rings. The quantitative estimate of drug-likeness (QED) is 0.348. The molecule has 0 unspecified atom stereocenters. The lowest BCUT2D eigenvalue weighted by atomic mass is 10.2. The largest absolute Gasteiger partial charge is 0.508 e. The van der Waals surface area contributed by atoms with E-state index in [1.165, 1.54) is 0 Å². The van der Waals surface area contributed by atoms with Gasteiger partial charge in [0.2, 0.25) is 0 Å². The Balaban J connectivity index is 3.10. The Labute approximate surface area is 97.1 Å². The van der Waals surface area contributed by atoms with Crippen LogP contribution in [0.1, 0.15) is 45.4 Å². The second-order valence-corrected chi connectivity index (χ2v) is 3.78. The standard InChI is InChI=1S/C11H21ClO3/c1-2-3-9-14-11(13)15-10-7-5-4-6-8-12/h2-10H2,1H3. The molecule has 0 aliphatic rings. The first-order valence-electron chi connectivity index (χ1n) is 5.66. The molecule has 0 aromatic heterocycles. The molecule has 0 saturated carbocycles. The van der Waals surface area contributed by atoms with E-state index in [0.29, 0.717) is 19.1 Å². The maximum absolute atomic E-state index is 10.9. The molecule has 0 radical (unpaired) electrons. The van der Waals surface area contributed by atoms with E-state index in [9.17, 15) is 4.79 Å². The topological polar surface area (TPSA) is 35.5 Å². The number of carbonyl (C=O) groups is 1. The Bertz CT molecular complexity index is 151. The number of hydrogen-bond donors (Lipinski definition) is 0. The van der Waals surface area contributed by atoms with Crippen LogP contribution in [0.25, 0.3) is 0 Å². The van der Waals surface area contributed by atoms with E-state index in [-0.39, 0.29) is 0 Å². The summed E-state index contributed by atoms with van der Waals surface area (Å²) in [5.41, 5.74) is 0. The molecule has 0 aliphatic heterocycles. The highest BCUT2D eigenvalue weighted by Crippen LogP contribution is 2.01. The van der Waals surface area contributed by atoms with Gasteiger partial charge in [0, 0.05) is 5.88 Å². The summed E-state index contributed by atoms with van der Waals surface area (Å²) in [7, 11) is 0. The molecule has 15 heavy (non-hydrogen) atoms.